The highest BCUT2D eigenvalue weighted by atomic mass is 16.6. The maximum atomic E-state index is 5.65. The third kappa shape index (κ3) is 3.43. The van der Waals surface area contributed by atoms with Crippen LogP contribution < -0.4 is 5.32 Å². The Morgan fingerprint density at radius 2 is 1.71 bits per heavy atom. The lowest BCUT2D eigenvalue weighted by Crippen LogP contribution is -2.44. The Hall–Kier alpha value is -0.120. The van der Waals surface area contributed by atoms with E-state index in [0.717, 1.165) is 6.42 Å². The van der Waals surface area contributed by atoms with Crippen LogP contribution in [0.1, 0.15) is 48.0 Å². The van der Waals surface area contributed by atoms with Crippen molar-refractivity contribution in [2.75, 3.05) is 0 Å². The predicted octanol–water partition coefficient (Wildman–Crippen LogP) is 2.55. The van der Waals surface area contributed by atoms with E-state index >= 15 is 0 Å². The predicted molar refractivity (Wildman–Crippen MR) is 68.8 cm³/mol. The highest BCUT2D eigenvalue weighted by Crippen LogP contribution is 2.35. The van der Waals surface area contributed by atoms with Crippen LogP contribution in [0, 0.1) is 11.8 Å². The van der Waals surface area contributed by atoms with Crippen molar-refractivity contribution in [1.29, 1.82) is 0 Å². The highest BCUT2D eigenvalue weighted by molar-refractivity contribution is 4.95. The molecule has 5 unspecified atom stereocenters. The van der Waals surface area contributed by atoms with Crippen molar-refractivity contribution in [2.24, 2.45) is 11.8 Å². The molecule has 0 spiro atoms. The topological polar surface area (TPSA) is 37.1 Å². The van der Waals surface area contributed by atoms with Gasteiger partial charge in [0.15, 0.2) is 0 Å². The van der Waals surface area contributed by atoms with E-state index < -0.39 is 0 Å². The summed E-state index contributed by atoms with van der Waals surface area (Å²) < 4.78 is 11.2. The van der Waals surface area contributed by atoms with Crippen molar-refractivity contribution in [1.82, 2.24) is 5.32 Å². The fraction of sp³-hybridized carbons (Fsp3) is 1.00. The maximum absolute atomic E-state index is 5.65. The summed E-state index contributed by atoms with van der Waals surface area (Å²) in [5.41, 5.74) is 0.124. The lowest BCUT2D eigenvalue weighted by atomic mass is 9.88. The summed E-state index contributed by atoms with van der Waals surface area (Å²) in [5, 5.41) is 3.61. The zero-order valence-corrected chi connectivity index (χ0v) is 12.0. The molecule has 2 heterocycles. The molecule has 0 aromatic heterocycles. The number of ether oxygens (including phenoxy) is 2. The average Bonchev–Trinajstić information content (AvgIpc) is 3.01. The van der Waals surface area contributed by atoms with Crippen LogP contribution in [0.3, 0.4) is 0 Å². The number of rotatable bonds is 6. The molecule has 0 aliphatic carbocycles. The van der Waals surface area contributed by atoms with Crippen molar-refractivity contribution in [2.45, 2.75) is 78.0 Å². The minimum Gasteiger partial charge on any atom is -0.370 e. The molecule has 3 heteroatoms. The minimum atomic E-state index is 0.124. The zero-order valence-electron chi connectivity index (χ0n) is 12.0. The number of hydrogen-bond donors (Lipinski definition) is 1. The molecule has 2 fully saturated rings. The molecule has 2 rings (SSSR count). The summed E-state index contributed by atoms with van der Waals surface area (Å²) in [6, 6.07) is 0. The second kappa shape index (κ2) is 4.52. The molecule has 2 aliphatic rings. The summed E-state index contributed by atoms with van der Waals surface area (Å²) in [4.78, 5) is 0. The van der Waals surface area contributed by atoms with Gasteiger partial charge in [-0.15, -0.1) is 0 Å². The molecule has 1 N–H and O–H groups in total. The summed E-state index contributed by atoms with van der Waals surface area (Å²) in [6.07, 6.45) is 2.72. The van der Waals surface area contributed by atoms with Gasteiger partial charge in [-0.3, -0.25) is 5.32 Å². The minimum absolute atomic E-state index is 0.124. The van der Waals surface area contributed by atoms with Gasteiger partial charge in [-0.25, -0.2) is 0 Å². The number of nitrogens with one attached hydrogen (secondary N) is 1. The highest BCUT2D eigenvalue weighted by Gasteiger charge is 2.46. The maximum Gasteiger partial charge on any atom is 0.135 e. The van der Waals surface area contributed by atoms with E-state index in [1.165, 1.54) is 0 Å². The Morgan fingerprint density at radius 1 is 1.12 bits per heavy atom. The van der Waals surface area contributed by atoms with Crippen molar-refractivity contribution in [3.8, 4) is 0 Å². The fourth-order valence-electron chi connectivity index (χ4n) is 2.91. The Labute approximate surface area is 105 Å². The largest absolute Gasteiger partial charge is 0.370 e. The van der Waals surface area contributed by atoms with E-state index in [-0.39, 0.29) is 11.8 Å². The smallest absolute Gasteiger partial charge is 0.135 e. The molecule has 0 radical (unpaired) electrons. The van der Waals surface area contributed by atoms with Crippen LogP contribution in [-0.2, 0) is 9.47 Å². The first-order chi connectivity index (χ1) is 7.80. The molecule has 2 aliphatic heterocycles. The third-order valence-electron chi connectivity index (χ3n) is 3.87. The van der Waals surface area contributed by atoms with E-state index in [1.807, 2.05) is 0 Å². The van der Waals surface area contributed by atoms with E-state index in [9.17, 15) is 0 Å². The van der Waals surface area contributed by atoms with Gasteiger partial charge in [0.25, 0.3) is 0 Å². The third-order valence-corrected chi connectivity index (χ3v) is 3.87. The normalized spacial score (nSPS) is 38.3. The molecule has 5 atom stereocenters. The van der Waals surface area contributed by atoms with E-state index in [1.54, 1.807) is 0 Å². The van der Waals surface area contributed by atoms with Gasteiger partial charge in [-0.1, -0.05) is 20.8 Å². The van der Waals surface area contributed by atoms with Crippen LogP contribution >= 0.6 is 0 Å². The van der Waals surface area contributed by atoms with E-state index in [0.29, 0.717) is 30.1 Å². The molecule has 17 heavy (non-hydrogen) atoms. The summed E-state index contributed by atoms with van der Waals surface area (Å²) in [6.45, 7) is 13.4. The first kappa shape index (κ1) is 13.3. The second-order valence-electron chi connectivity index (χ2n) is 6.78. The van der Waals surface area contributed by atoms with Crippen LogP contribution in [0.5, 0.6) is 0 Å². The number of hydrogen-bond acceptors (Lipinski definition) is 3. The monoisotopic (exact) mass is 241 g/mol. The van der Waals surface area contributed by atoms with Crippen LogP contribution in [0.15, 0.2) is 0 Å². The average molecular weight is 241 g/mol. The van der Waals surface area contributed by atoms with Gasteiger partial charge >= 0.3 is 0 Å². The quantitative estimate of drug-likeness (QED) is 0.726. The summed E-state index contributed by atoms with van der Waals surface area (Å²) >= 11 is 0. The van der Waals surface area contributed by atoms with Gasteiger partial charge in [0, 0.05) is 5.54 Å². The van der Waals surface area contributed by atoms with Gasteiger partial charge in [0.1, 0.15) is 12.3 Å². The Morgan fingerprint density at radius 3 is 2.12 bits per heavy atom. The number of epoxide rings is 2. The lowest BCUT2D eigenvalue weighted by molar-refractivity contribution is 0.226. The van der Waals surface area contributed by atoms with Crippen LogP contribution in [-0.4, -0.2) is 30.1 Å². The molecule has 0 aromatic rings. The molecule has 3 nitrogen and oxygen atoms in total. The summed E-state index contributed by atoms with van der Waals surface area (Å²) in [5.74, 6) is 1.22. The van der Waals surface area contributed by atoms with Gasteiger partial charge in [0.2, 0.25) is 0 Å². The van der Waals surface area contributed by atoms with Gasteiger partial charge in [0.05, 0.1) is 12.2 Å². The van der Waals surface area contributed by atoms with Crippen molar-refractivity contribution < 1.29 is 9.47 Å². The van der Waals surface area contributed by atoms with Crippen molar-refractivity contribution >= 4 is 0 Å². The van der Waals surface area contributed by atoms with Gasteiger partial charge < -0.3 is 9.47 Å². The summed E-state index contributed by atoms with van der Waals surface area (Å²) in [7, 11) is 0. The molecule has 0 aromatic carbocycles. The molecule has 2 saturated heterocycles. The first-order valence-electron chi connectivity index (χ1n) is 6.89. The van der Waals surface area contributed by atoms with Crippen LogP contribution in [0.4, 0.5) is 0 Å². The zero-order chi connectivity index (χ0) is 12.8. The van der Waals surface area contributed by atoms with Crippen LogP contribution in [0.2, 0.25) is 0 Å². The van der Waals surface area contributed by atoms with E-state index in [2.05, 4.69) is 46.9 Å². The molecule has 0 saturated carbocycles. The standard InChI is InChI=1S/C14H27NO2/c1-8(2)11-13(17-11)15-14(5,6)7-9(3)12-10(4)16-12/h8-13,15H,7H2,1-6H3. The van der Waals surface area contributed by atoms with Crippen molar-refractivity contribution in [3.05, 3.63) is 0 Å². The van der Waals surface area contributed by atoms with Crippen molar-refractivity contribution in [3.63, 3.8) is 0 Å². The Kier molecular flexibility index (Phi) is 3.54. The van der Waals surface area contributed by atoms with Gasteiger partial charge in [-0.05, 0) is 39.0 Å². The molecule has 100 valence electrons. The first-order valence-corrected chi connectivity index (χ1v) is 6.89. The van der Waals surface area contributed by atoms with Crippen LogP contribution in [0.25, 0.3) is 0 Å². The fourth-order valence-corrected chi connectivity index (χ4v) is 2.91. The molecular weight excluding hydrogens is 214 g/mol. The second-order valence-corrected chi connectivity index (χ2v) is 6.78. The SMILES string of the molecule is CC(C)C1OC1NC(C)(C)CC(C)C1OC1C. The Bertz CT molecular complexity index is 277. The lowest BCUT2D eigenvalue weighted by Gasteiger charge is -2.28. The molecule has 0 amide bonds. The van der Waals surface area contributed by atoms with Gasteiger partial charge in [-0.2, -0.15) is 0 Å². The van der Waals surface area contributed by atoms with E-state index in [4.69, 9.17) is 9.47 Å². The molecule has 0 bridgehead atoms. The Balaban J connectivity index is 1.75. The molecular formula is C14H27NO2.